The van der Waals surface area contributed by atoms with Crippen LogP contribution in [0.3, 0.4) is 0 Å². The molecule has 3 N–H and O–H groups in total. The first-order chi connectivity index (χ1) is 16.5. The van der Waals surface area contributed by atoms with E-state index in [1.807, 2.05) is 10.6 Å². The lowest BCUT2D eigenvalue weighted by atomic mass is 10.1. The summed E-state index contributed by atoms with van der Waals surface area (Å²) in [5, 5.41) is 2.83. The molecular weight excluding hydrogens is 441 g/mol. The fourth-order valence-electron chi connectivity index (χ4n) is 4.20. The maximum absolute atomic E-state index is 14.0. The summed E-state index contributed by atoms with van der Waals surface area (Å²) in [6.07, 6.45) is 1.43. The molecule has 0 bridgehead atoms. The molecule has 2 aromatic carbocycles. The quantitative estimate of drug-likeness (QED) is 0.451. The molecule has 174 valence electrons. The van der Waals surface area contributed by atoms with Crippen LogP contribution in [0.5, 0.6) is 11.5 Å². The molecule has 5 rings (SSSR count). The number of hydrogen-bond acceptors (Lipinski definition) is 7. The number of methoxy groups -OCH3 is 2. The van der Waals surface area contributed by atoms with Gasteiger partial charge in [0, 0.05) is 17.3 Å². The minimum absolute atomic E-state index is 0.00717. The number of nitrogen functional groups attached to an aromatic ring is 1. The maximum Gasteiger partial charge on any atom is 0.228 e. The normalized spacial score (nSPS) is 12.6. The summed E-state index contributed by atoms with van der Waals surface area (Å²) in [7, 11) is 2.91. The first-order valence-corrected chi connectivity index (χ1v) is 10.5. The Bertz CT molecular complexity index is 1420. The van der Waals surface area contributed by atoms with Crippen molar-refractivity contribution in [3.8, 4) is 17.2 Å². The molecule has 9 nitrogen and oxygen atoms in total. The van der Waals surface area contributed by atoms with Crippen molar-refractivity contribution >= 4 is 28.4 Å². The zero-order valence-corrected chi connectivity index (χ0v) is 18.6. The minimum atomic E-state index is -0.520. The van der Waals surface area contributed by atoms with Gasteiger partial charge >= 0.3 is 0 Å². The van der Waals surface area contributed by atoms with Crippen molar-refractivity contribution in [3.05, 3.63) is 65.4 Å². The Kier molecular flexibility index (Phi) is 5.50. The highest BCUT2D eigenvalue weighted by Gasteiger charge is 2.26. The van der Waals surface area contributed by atoms with E-state index in [2.05, 4.69) is 15.3 Å². The lowest BCUT2D eigenvalue weighted by Crippen LogP contribution is -2.15. The van der Waals surface area contributed by atoms with Gasteiger partial charge in [-0.25, -0.2) is 14.4 Å². The SMILES string of the molecule is COc1ccc(CC(=O)Nc2ccc(-n3c4c(c5ncnc(N)c53)COC4)cc2OC)cc1F. The number of amides is 1. The van der Waals surface area contributed by atoms with Crippen molar-refractivity contribution in [2.24, 2.45) is 0 Å². The van der Waals surface area contributed by atoms with E-state index < -0.39 is 5.82 Å². The molecular formula is C24H22FN5O4. The molecule has 1 aliphatic heterocycles. The van der Waals surface area contributed by atoms with E-state index in [-0.39, 0.29) is 18.1 Å². The van der Waals surface area contributed by atoms with Crippen LogP contribution >= 0.6 is 0 Å². The number of fused-ring (bicyclic) bond motifs is 3. The highest BCUT2D eigenvalue weighted by molar-refractivity contribution is 5.94. The third kappa shape index (κ3) is 3.67. The van der Waals surface area contributed by atoms with E-state index in [4.69, 9.17) is 19.9 Å². The van der Waals surface area contributed by atoms with E-state index in [0.717, 1.165) is 22.5 Å². The van der Waals surface area contributed by atoms with E-state index in [1.165, 1.54) is 32.7 Å². The number of benzene rings is 2. The number of rotatable bonds is 6. The second-order valence-electron chi connectivity index (χ2n) is 7.79. The van der Waals surface area contributed by atoms with Gasteiger partial charge in [0.25, 0.3) is 0 Å². The molecule has 0 radical (unpaired) electrons. The van der Waals surface area contributed by atoms with Gasteiger partial charge in [-0.3, -0.25) is 4.79 Å². The van der Waals surface area contributed by atoms with Crippen LogP contribution in [-0.4, -0.2) is 34.7 Å². The van der Waals surface area contributed by atoms with Crippen molar-refractivity contribution in [2.45, 2.75) is 19.6 Å². The summed E-state index contributed by atoms with van der Waals surface area (Å²) in [5.41, 5.74) is 11.3. The summed E-state index contributed by atoms with van der Waals surface area (Å²) in [5.74, 6) is 0.114. The first-order valence-electron chi connectivity index (χ1n) is 10.5. The summed E-state index contributed by atoms with van der Waals surface area (Å²) < 4.78 is 32.0. The van der Waals surface area contributed by atoms with Crippen LogP contribution in [0.1, 0.15) is 16.8 Å². The molecule has 10 heteroatoms. The smallest absolute Gasteiger partial charge is 0.228 e. The van der Waals surface area contributed by atoms with Gasteiger partial charge in [0.2, 0.25) is 5.91 Å². The monoisotopic (exact) mass is 463 g/mol. The molecule has 4 aromatic rings. The number of nitrogens with one attached hydrogen (secondary N) is 1. The van der Waals surface area contributed by atoms with Crippen LogP contribution in [0.15, 0.2) is 42.7 Å². The van der Waals surface area contributed by atoms with E-state index in [0.29, 0.717) is 41.5 Å². The average Bonchev–Trinajstić information content (AvgIpc) is 3.41. The van der Waals surface area contributed by atoms with Crippen LogP contribution in [0.4, 0.5) is 15.9 Å². The van der Waals surface area contributed by atoms with Crippen LogP contribution in [-0.2, 0) is 29.2 Å². The molecule has 0 aliphatic carbocycles. The molecule has 3 heterocycles. The number of ether oxygens (including phenoxy) is 3. The predicted molar refractivity (Wildman–Crippen MR) is 124 cm³/mol. The first kappa shape index (κ1) is 21.7. The van der Waals surface area contributed by atoms with E-state index in [9.17, 15) is 9.18 Å². The molecule has 0 saturated carbocycles. The van der Waals surface area contributed by atoms with Crippen LogP contribution in [0.25, 0.3) is 16.7 Å². The number of carbonyl (C=O) groups is 1. The highest BCUT2D eigenvalue weighted by Crippen LogP contribution is 2.37. The van der Waals surface area contributed by atoms with Crippen LogP contribution in [0, 0.1) is 5.82 Å². The van der Waals surface area contributed by atoms with Gasteiger partial charge < -0.3 is 29.8 Å². The standard InChI is InChI=1S/C24H22FN5O4/c1-32-19-6-3-13(7-16(19)25)8-21(31)29-17-5-4-14(9-20(17)33-2)30-18-11-34-10-15(18)22-23(30)24(26)28-12-27-22/h3-7,9,12H,8,10-11H2,1-2H3,(H,29,31)(H2,26,27,28). The predicted octanol–water partition coefficient (Wildman–Crippen LogP) is 3.37. The molecule has 2 aromatic heterocycles. The largest absolute Gasteiger partial charge is 0.494 e. The fourth-order valence-corrected chi connectivity index (χ4v) is 4.20. The topological polar surface area (TPSA) is 114 Å². The van der Waals surface area contributed by atoms with Crippen molar-refractivity contribution in [1.82, 2.24) is 14.5 Å². The Labute approximate surface area is 194 Å². The Morgan fingerprint density at radius 3 is 2.74 bits per heavy atom. The van der Waals surface area contributed by atoms with Gasteiger partial charge in [0.1, 0.15) is 23.1 Å². The molecule has 1 amide bonds. The van der Waals surface area contributed by atoms with Gasteiger partial charge in [-0.2, -0.15) is 0 Å². The van der Waals surface area contributed by atoms with Crippen molar-refractivity contribution in [2.75, 3.05) is 25.3 Å². The number of aromatic nitrogens is 3. The fraction of sp³-hybridized carbons (Fsp3) is 0.208. The summed E-state index contributed by atoms with van der Waals surface area (Å²) in [4.78, 5) is 21.2. The Hall–Kier alpha value is -4.18. The van der Waals surface area contributed by atoms with Gasteiger partial charge in [-0.05, 0) is 29.8 Å². The van der Waals surface area contributed by atoms with Gasteiger partial charge in [-0.1, -0.05) is 6.07 Å². The van der Waals surface area contributed by atoms with E-state index >= 15 is 0 Å². The maximum atomic E-state index is 14.0. The zero-order valence-electron chi connectivity index (χ0n) is 18.6. The highest BCUT2D eigenvalue weighted by atomic mass is 19.1. The molecule has 34 heavy (non-hydrogen) atoms. The second kappa shape index (κ2) is 8.64. The van der Waals surface area contributed by atoms with Gasteiger partial charge in [0.15, 0.2) is 17.4 Å². The average molecular weight is 463 g/mol. The van der Waals surface area contributed by atoms with Crippen LogP contribution < -0.4 is 20.5 Å². The van der Waals surface area contributed by atoms with Crippen molar-refractivity contribution in [1.29, 1.82) is 0 Å². The number of hydrogen-bond donors (Lipinski definition) is 2. The Balaban J connectivity index is 1.45. The summed E-state index contributed by atoms with van der Waals surface area (Å²) in [6, 6.07) is 9.81. The Morgan fingerprint density at radius 1 is 1.15 bits per heavy atom. The molecule has 0 spiro atoms. The molecule has 0 unspecified atom stereocenters. The number of halogens is 1. The van der Waals surface area contributed by atoms with Crippen LogP contribution in [0.2, 0.25) is 0 Å². The lowest BCUT2D eigenvalue weighted by molar-refractivity contribution is -0.115. The minimum Gasteiger partial charge on any atom is -0.494 e. The van der Waals surface area contributed by atoms with Crippen molar-refractivity contribution < 1.29 is 23.4 Å². The van der Waals surface area contributed by atoms with Gasteiger partial charge in [-0.15, -0.1) is 0 Å². The number of carbonyl (C=O) groups excluding carboxylic acids is 1. The third-order valence-corrected chi connectivity index (χ3v) is 5.76. The number of nitrogens with two attached hydrogens (primary N) is 1. The molecule has 0 fully saturated rings. The summed E-state index contributed by atoms with van der Waals surface area (Å²) >= 11 is 0. The second-order valence-corrected chi connectivity index (χ2v) is 7.79. The number of nitrogens with zero attached hydrogens (tertiary/aromatic N) is 3. The van der Waals surface area contributed by atoms with Crippen molar-refractivity contribution in [3.63, 3.8) is 0 Å². The lowest BCUT2D eigenvalue weighted by Gasteiger charge is -2.15. The van der Waals surface area contributed by atoms with Gasteiger partial charge in [0.05, 0.1) is 45.2 Å². The Morgan fingerprint density at radius 2 is 1.97 bits per heavy atom. The number of anilines is 2. The van der Waals surface area contributed by atoms with E-state index in [1.54, 1.807) is 18.2 Å². The summed E-state index contributed by atoms with van der Waals surface area (Å²) in [6.45, 7) is 0.872. The third-order valence-electron chi connectivity index (χ3n) is 5.76. The molecule has 0 atom stereocenters. The zero-order chi connectivity index (χ0) is 23.8. The molecule has 0 saturated heterocycles. The molecule has 1 aliphatic rings.